The number of anilines is 3. The van der Waals surface area contributed by atoms with Gasteiger partial charge in [-0.1, -0.05) is 81.9 Å². The van der Waals surface area contributed by atoms with Crippen LogP contribution in [0.25, 0.3) is 21.3 Å². The highest BCUT2D eigenvalue weighted by Gasteiger charge is 2.66. The van der Waals surface area contributed by atoms with Crippen molar-refractivity contribution in [2.75, 3.05) is 73.7 Å². The molecule has 4 atom stereocenters. The molecule has 570 valence electrons. The lowest BCUT2D eigenvalue weighted by molar-refractivity contribution is -0.249. The van der Waals surface area contributed by atoms with Gasteiger partial charge in [0.05, 0.1) is 34.4 Å². The zero-order valence-corrected chi connectivity index (χ0v) is 62.5. The van der Waals surface area contributed by atoms with E-state index < -0.39 is 63.5 Å². The maximum absolute atomic E-state index is 13.8. The van der Waals surface area contributed by atoms with E-state index in [4.69, 9.17) is 25.3 Å². The number of fused-ring (bicyclic) bond motifs is 2. The number of imide groups is 1. The number of ether oxygens (including phenoxy) is 2. The quantitative estimate of drug-likeness (QED) is 0.0109. The fourth-order valence-corrected chi connectivity index (χ4v) is 19.0. The van der Waals surface area contributed by atoms with Crippen LogP contribution in [-0.2, 0) is 69.7 Å². The summed E-state index contributed by atoms with van der Waals surface area (Å²) in [6.45, 7) is 13.0. The van der Waals surface area contributed by atoms with Crippen LogP contribution in [0, 0.1) is 29.1 Å². The molecule has 4 bridgehead atoms. The first kappa shape index (κ1) is 76.9. The lowest BCUT2D eigenvalue weighted by atomic mass is 9.39. The number of carboxylic acids is 1. The van der Waals surface area contributed by atoms with Crippen molar-refractivity contribution in [2.24, 2.45) is 27.9 Å². The van der Waals surface area contributed by atoms with E-state index in [0.29, 0.717) is 90.8 Å². The molecular weight excluding hydrogens is 1410 g/mol. The minimum absolute atomic E-state index is 0.00217. The van der Waals surface area contributed by atoms with Crippen LogP contribution in [0.4, 0.5) is 26.2 Å². The zero-order valence-electron chi connectivity index (χ0n) is 60.9. The number of unbranched alkanes of at least 4 members (excludes halogenated alkanes) is 2. The van der Waals surface area contributed by atoms with Gasteiger partial charge in [-0.25, -0.2) is 24.4 Å². The van der Waals surface area contributed by atoms with Crippen molar-refractivity contribution >= 4 is 102 Å². The van der Waals surface area contributed by atoms with E-state index in [1.54, 1.807) is 56.4 Å². The fraction of sp³-hybridized carbons (Fsp3) is 0.500. The molecule has 29 nitrogen and oxygen atoms in total. The second-order valence-electron chi connectivity index (χ2n) is 30.8. The number of aromatic nitrogens is 4. The molecule has 0 spiro atoms. The number of hydrogen-bond acceptors (Lipinski definition) is 19. The normalized spacial score (nSPS) is 21.5. The molecule has 7 aliphatic rings. The Hall–Kier alpha value is -9.69. The topological polar surface area (TPSA) is 389 Å². The molecular formula is C76H94N14O15S2. The number of nitrogens with zero attached hydrogens (tertiary/aromatic N) is 8. The van der Waals surface area contributed by atoms with Crippen molar-refractivity contribution in [2.45, 2.75) is 162 Å². The van der Waals surface area contributed by atoms with Crippen molar-refractivity contribution in [3.05, 3.63) is 131 Å². The number of primary amides is 1. The van der Waals surface area contributed by atoms with Crippen LogP contribution in [0.15, 0.2) is 97.2 Å². The number of nitrogens with one attached hydrogen (secondary N) is 5. The third kappa shape index (κ3) is 18.5. The van der Waals surface area contributed by atoms with Crippen LogP contribution in [0.2, 0.25) is 0 Å². The van der Waals surface area contributed by atoms with Gasteiger partial charge in [-0.05, 0) is 159 Å². The van der Waals surface area contributed by atoms with E-state index in [1.807, 2.05) is 63.9 Å². The predicted octanol–water partition coefficient (Wildman–Crippen LogP) is 8.22. The van der Waals surface area contributed by atoms with Crippen LogP contribution in [-0.4, -0.2) is 188 Å². The molecule has 5 fully saturated rings. The molecule has 4 saturated carbocycles. The minimum Gasteiger partial charge on any atom is -0.476 e. The van der Waals surface area contributed by atoms with Gasteiger partial charge in [-0.2, -0.15) is 13.5 Å². The molecule has 3 aliphatic heterocycles. The van der Waals surface area contributed by atoms with E-state index in [0.717, 1.165) is 70.5 Å². The molecule has 4 aliphatic carbocycles. The lowest BCUT2D eigenvalue weighted by Crippen LogP contribution is -2.65. The molecule has 3 aromatic carbocycles. The van der Waals surface area contributed by atoms with Gasteiger partial charge in [0, 0.05) is 112 Å². The molecule has 3 aromatic heterocycles. The summed E-state index contributed by atoms with van der Waals surface area (Å²) in [4.78, 5) is 132. The third-order valence-electron chi connectivity index (χ3n) is 21.7. The van der Waals surface area contributed by atoms with Crippen molar-refractivity contribution in [1.29, 1.82) is 0 Å². The maximum atomic E-state index is 13.8. The average molecular weight is 1510 g/mol. The summed E-state index contributed by atoms with van der Waals surface area (Å²) >= 11 is 1.40. The maximum Gasteiger partial charge on any atom is 0.410 e. The smallest absolute Gasteiger partial charge is 0.410 e. The number of carbonyl (C=O) groups is 9. The van der Waals surface area contributed by atoms with Crippen LogP contribution in [0.1, 0.15) is 148 Å². The molecule has 6 heterocycles. The van der Waals surface area contributed by atoms with E-state index in [1.165, 1.54) is 28.4 Å². The number of likely N-dealkylation sites (tertiary alicyclic amines) is 1. The first-order valence-corrected chi connectivity index (χ1v) is 39.0. The van der Waals surface area contributed by atoms with E-state index in [9.17, 15) is 61.2 Å². The number of rotatable bonds is 33. The second-order valence-corrected chi connectivity index (χ2v) is 33.4. The highest BCUT2D eigenvalue weighted by atomic mass is 32.2. The van der Waals surface area contributed by atoms with E-state index in [-0.39, 0.29) is 123 Å². The van der Waals surface area contributed by atoms with Crippen LogP contribution >= 0.6 is 11.3 Å². The van der Waals surface area contributed by atoms with Gasteiger partial charge in [0.15, 0.2) is 10.8 Å². The standard InChI is InChI=1S/C76H94N14O15S2/c1-47(2)64(84-61(91)18-7-6-10-29-89-62(92)25-26-63(89)93)68(96)81-58(16-12-28-78-70(77)99)67(95)80-51-21-19-49(20-22-51)39-104-72(100)88-36-52(37-88)86(32-34-107(101,102)103)31-33-105-76-43-73(4)40-74(5,44-76)42-75(41-73,45-76)46-90-48(3)55(35-79-90)53-23-24-60(83-65(53)69(97)98)87-30-27-50-13-11-14-54(56(50)38-87)66(94)85-71-82-57-15-8-9-17-59(57)106-71/h8-9,11,13-15,17,19-26,35,47,52,58,64H,6-7,10,12,16,18,27-34,36-46H2,1-5H3,(H,80,95)(H,81,96)(H,84,91)(H,97,98)(H3,77,78,99)(H,82,85,94)(H,101,102,103)/t58-,64?,73?,74?,75?,76?/m0/s1. The number of pyridine rings is 1. The largest absolute Gasteiger partial charge is 0.476 e. The summed E-state index contributed by atoms with van der Waals surface area (Å²) in [5, 5.41) is 30.1. The number of amides is 9. The van der Waals surface area contributed by atoms with Gasteiger partial charge in [0.2, 0.25) is 17.7 Å². The van der Waals surface area contributed by atoms with Gasteiger partial charge >= 0.3 is 18.1 Å². The fourth-order valence-electron chi connectivity index (χ4n) is 17.7. The summed E-state index contributed by atoms with van der Waals surface area (Å²) in [5.41, 5.74) is 10.4. The molecule has 31 heteroatoms. The molecule has 9 amide bonds. The molecule has 9 N–H and O–H groups in total. The van der Waals surface area contributed by atoms with E-state index >= 15 is 0 Å². The van der Waals surface area contributed by atoms with Crippen LogP contribution in [0.3, 0.4) is 0 Å². The molecule has 0 radical (unpaired) electrons. The summed E-state index contributed by atoms with van der Waals surface area (Å²) in [5.74, 6) is -4.14. The monoisotopic (exact) mass is 1510 g/mol. The molecule has 6 aromatic rings. The van der Waals surface area contributed by atoms with Crippen molar-refractivity contribution < 1.29 is 70.7 Å². The van der Waals surface area contributed by atoms with Gasteiger partial charge < -0.3 is 51.4 Å². The Morgan fingerprint density at radius 3 is 2.25 bits per heavy atom. The number of hydrogen-bond donors (Lipinski definition) is 8. The SMILES string of the molecule is Cc1c(-c2ccc(N3CCc4cccc(C(=O)Nc5nc6ccccc6s5)c4C3)nc2C(=O)O)cnn1CC12CC3(C)CC(C)(C1)CC(OCCN(CCS(=O)(=O)O)C1CN(C(=O)OCc4ccc(NC(=O)[C@H](CCCNC(N)=O)NC(=O)C(NC(=O)CCCCCN5C(=O)C=CC5=O)C(C)C)cc4)C1)(C3)C2. The number of urea groups is 1. The zero-order chi connectivity index (χ0) is 76.2. The number of aromatic carboxylic acids is 1. The lowest BCUT2D eigenvalue weighted by Gasteiger charge is -2.69. The Labute approximate surface area is 624 Å². The third-order valence-corrected chi connectivity index (χ3v) is 23.3. The number of benzene rings is 3. The first-order valence-electron chi connectivity index (χ1n) is 36.5. The summed E-state index contributed by atoms with van der Waals surface area (Å²) in [6.07, 6.45) is 11.5. The van der Waals surface area contributed by atoms with Gasteiger partial charge in [0.25, 0.3) is 27.8 Å². The number of para-hydroxylation sites is 1. The Balaban J connectivity index is 0.629. The number of carbonyl (C=O) groups excluding carboxylic acids is 8. The van der Waals surface area contributed by atoms with Crippen LogP contribution < -0.4 is 37.2 Å². The van der Waals surface area contributed by atoms with Gasteiger partial charge in [0.1, 0.15) is 24.5 Å². The predicted molar refractivity (Wildman–Crippen MR) is 399 cm³/mol. The summed E-state index contributed by atoms with van der Waals surface area (Å²) < 4.78 is 50.1. The van der Waals surface area contributed by atoms with Crippen LogP contribution in [0.5, 0.6) is 0 Å². The first-order chi connectivity index (χ1) is 50.9. The average Bonchev–Trinajstić information content (AvgIpc) is 1.03. The highest BCUT2D eigenvalue weighted by Crippen LogP contribution is 2.72. The Morgan fingerprint density at radius 2 is 1.55 bits per heavy atom. The van der Waals surface area contributed by atoms with Crippen molar-refractivity contribution in [3.8, 4) is 11.1 Å². The Kier molecular flexibility index (Phi) is 23.0. The van der Waals surface area contributed by atoms with E-state index in [2.05, 4.69) is 45.4 Å². The second kappa shape index (κ2) is 32.0. The minimum atomic E-state index is -4.35. The Morgan fingerprint density at radius 1 is 0.813 bits per heavy atom. The van der Waals surface area contributed by atoms with Crippen molar-refractivity contribution in [1.82, 2.24) is 50.4 Å². The molecule has 3 unspecified atom stereocenters. The Bertz CT molecular complexity index is 4490. The highest BCUT2D eigenvalue weighted by molar-refractivity contribution is 7.85. The summed E-state index contributed by atoms with van der Waals surface area (Å²) in [7, 11) is -4.35. The molecule has 107 heavy (non-hydrogen) atoms. The van der Waals surface area contributed by atoms with Gasteiger partial charge in [-0.3, -0.25) is 53.1 Å². The van der Waals surface area contributed by atoms with Gasteiger partial charge in [-0.15, -0.1) is 0 Å². The number of nitrogens with two attached hydrogens (primary N) is 1. The molecule has 13 rings (SSSR count). The number of carboxylic acid groups (broad SMARTS) is 1. The number of thiazole rings is 1. The molecule has 1 saturated heterocycles. The van der Waals surface area contributed by atoms with Crippen molar-refractivity contribution in [3.63, 3.8) is 0 Å². The summed E-state index contributed by atoms with van der Waals surface area (Å²) in [6, 6.07) is 20.5.